The van der Waals surface area contributed by atoms with Crippen LogP contribution in [0.15, 0.2) is 137 Å². The summed E-state index contributed by atoms with van der Waals surface area (Å²) in [4.78, 5) is 61.9. The van der Waals surface area contributed by atoms with Crippen molar-refractivity contribution in [3.8, 4) is 0 Å². The predicted octanol–water partition coefficient (Wildman–Crippen LogP) is 5.41. The predicted molar refractivity (Wildman–Crippen MR) is 214 cm³/mol. The van der Waals surface area contributed by atoms with Crippen LogP contribution in [0.25, 0.3) is 0 Å². The third kappa shape index (κ3) is 9.04. The molecule has 3 heterocycles. The Morgan fingerprint density at radius 1 is 0.945 bits per heavy atom. The molecule has 2 atom stereocenters. The van der Waals surface area contributed by atoms with Crippen molar-refractivity contribution in [2.45, 2.75) is 44.0 Å². The molecule has 0 radical (unpaired) electrons. The molecule has 2 aliphatic heterocycles. The first-order valence-electron chi connectivity index (χ1n) is 17.4. The number of thioether (sulfide) groups is 1. The number of benzene rings is 3. The van der Waals surface area contributed by atoms with Gasteiger partial charge in [0.15, 0.2) is 10.8 Å². The van der Waals surface area contributed by atoms with E-state index >= 15 is 0 Å². The molecule has 1 saturated heterocycles. The molecule has 0 saturated carbocycles. The third-order valence-corrected chi connectivity index (χ3v) is 10.5. The Morgan fingerprint density at radius 2 is 1.55 bits per heavy atom. The minimum atomic E-state index is -0.964. The van der Waals surface area contributed by atoms with E-state index in [0.29, 0.717) is 21.5 Å². The molecule has 1 fully saturated rings. The maximum Gasteiger partial charge on any atom is 0.379 e. The number of oxime groups is 1. The number of anilines is 1. The molecule has 1 aromatic heterocycles. The third-order valence-electron chi connectivity index (χ3n) is 8.50. The Bertz CT molecular complexity index is 2060. The zero-order valence-electron chi connectivity index (χ0n) is 30.6. The van der Waals surface area contributed by atoms with Crippen molar-refractivity contribution in [1.29, 1.82) is 0 Å². The largest absolute Gasteiger partial charge is 0.454 e. The van der Waals surface area contributed by atoms with Gasteiger partial charge in [0.1, 0.15) is 30.0 Å². The number of carbonyl (C=O) groups is 4. The van der Waals surface area contributed by atoms with E-state index in [-0.39, 0.29) is 17.3 Å². The molecular weight excluding hydrogens is 737 g/mol. The second-order valence-corrected chi connectivity index (χ2v) is 15.4. The number of nitrogens with one attached hydrogen (secondary N) is 4. The molecule has 3 aromatic carbocycles. The van der Waals surface area contributed by atoms with Crippen LogP contribution < -0.4 is 21.3 Å². The summed E-state index contributed by atoms with van der Waals surface area (Å²) in [6.45, 7) is 5.04. The molecule has 0 bridgehead atoms. The van der Waals surface area contributed by atoms with Crippen LogP contribution in [0.5, 0.6) is 0 Å². The molecular formula is C41H40N6O6S2. The second kappa shape index (κ2) is 17.0. The van der Waals surface area contributed by atoms with Gasteiger partial charge in [-0.3, -0.25) is 14.4 Å². The highest BCUT2D eigenvalue weighted by Crippen LogP contribution is 2.40. The smallest absolute Gasteiger partial charge is 0.379 e. The zero-order chi connectivity index (χ0) is 39.0. The van der Waals surface area contributed by atoms with Gasteiger partial charge < -0.3 is 30.8 Å². The Hall–Kier alpha value is -5.99. The highest BCUT2D eigenvalue weighted by Gasteiger charge is 2.42. The van der Waals surface area contributed by atoms with Crippen LogP contribution in [0.3, 0.4) is 0 Å². The summed E-state index contributed by atoms with van der Waals surface area (Å²) < 4.78 is 5.19. The molecule has 0 spiro atoms. The van der Waals surface area contributed by atoms with Crippen molar-refractivity contribution in [3.05, 3.63) is 154 Å². The van der Waals surface area contributed by atoms with Crippen molar-refractivity contribution in [2.24, 2.45) is 5.16 Å². The summed E-state index contributed by atoms with van der Waals surface area (Å²) in [6.07, 6.45) is 6.35. The average molecular weight is 777 g/mol. The number of amides is 2. The fourth-order valence-electron chi connectivity index (χ4n) is 6.00. The van der Waals surface area contributed by atoms with E-state index in [1.54, 1.807) is 44.5 Å². The van der Waals surface area contributed by atoms with Crippen LogP contribution in [0, 0.1) is 0 Å². The van der Waals surface area contributed by atoms with Crippen molar-refractivity contribution in [2.75, 3.05) is 18.2 Å². The van der Waals surface area contributed by atoms with E-state index in [9.17, 15) is 19.2 Å². The second-order valence-electron chi connectivity index (χ2n) is 13.5. The molecule has 4 N–H and O–H groups in total. The first-order chi connectivity index (χ1) is 26.5. The van der Waals surface area contributed by atoms with E-state index in [4.69, 9.17) is 14.6 Å². The van der Waals surface area contributed by atoms with Crippen LogP contribution in [0.2, 0.25) is 0 Å². The number of hydrogen-bond acceptors (Lipinski definition) is 12. The summed E-state index contributed by atoms with van der Waals surface area (Å²) in [5.41, 5.74) is 1.88. The number of thiazole rings is 1. The molecule has 282 valence electrons. The summed E-state index contributed by atoms with van der Waals surface area (Å²) in [5, 5.41) is 18.6. The van der Waals surface area contributed by atoms with Crippen LogP contribution in [-0.4, -0.2) is 64.8 Å². The Kier molecular flexibility index (Phi) is 12.0. The van der Waals surface area contributed by atoms with Gasteiger partial charge in [-0.2, -0.15) is 0 Å². The molecule has 14 heteroatoms. The summed E-state index contributed by atoms with van der Waals surface area (Å²) in [5.74, 6) is -2.43. The van der Waals surface area contributed by atoms with Gasteiger partial charge in [-0.05, 0) is 49.6 Å². The topological polar surface area (TPSA) is 160 Å². The maximum absolute atomic E-state index is 13.7. The zero-order valence-corrected chi connectivity index (χ0v) is 32.2. The fraction of sp³-hybridized carbons (Fsp3) is 0.220. The molecule has 4 aromatic rings. The SMILES string of the molecule is CON=C(C(=O)NC1C(=O)NC1CSC1=CC=CNC1=CC(=O)C(=O)OC(C)(C)C)c1csc(NC(c2ccccc2)(c2ccccc2)c2ccccc2)n1. The molecule has 2 amide bonds. The summed E-state index contributed by atoms with van der Waals surface area (Å²) >= 11 is 2.65. The highest BCUT2D eigenvalue weighted by atomic mass is 32.2. The number of rotatable bonds is 14. The molecule has 2 aliphatic rings. The van der Waals surface area contributed by atoms with Crippen molar-refractivity contribution in [1.82, 2.24) is 20.9 Å². The molecule has 55 heavy (non-hydrogen) atoms. The van der Waals surface area contributed by atoms with Gasteiger partial charge in [-0.15, -0.1) is 23.1 Å². The van der Waals surface area contributed by atoms with E-state index in [1.807, 2.05) is 54.6 Å². The van der Waals surface area contributed by atoms with Gasteiger partial charge in [0.2, 0.25) is 5.91 Å². The van der Waals surface area contributed by atoms with Crippen molar-refractivity contribution >= 4 is 57.5 Å². The van der Waals surface area contributed by atoms with Gasteiger partial charge >= 0.3 is 5.97 Å². The number of hydrogen-bond donors (Lipinski definition) is 4. The minimum absolute atomic E-state index is 0.0992. The number of allylic oxidation sites excluding steroid dienone is 2. The maximum atomic E-state index is 13.7. The van der Waals surface area contributed by atoms with Gasteiger partial charge in [-0.1, -0.05) is 96.2 Å². The van der Waals surface area contributed by atoms with E-state index < -0.39 is 40.9 Å². The highest BCUT2D eigenvalue weighted by molar-refractivity contribution is 8.03. The minimum Gasteiger partial charge on any atom is -0.454 e. The van der Waals surface area contributed by atoms with Gasteiger partial charge in [-0.25, -0.2) is 9.78 Å². The van der Waals surface area contributed by atoms with E-state index in [0.717, 1.165) is 16.7 Å². The first-order valence-corrected chi connectivity index (χ1v) is 19.2. The number of esters is 1. The molecule has 12 nitrogen and oxygen atoms in total. The van der Waals surface area contributed by atoms with Crippen molar-refractivity contribution < 1.29 is 28.8 Å². The number of ketones is 1. The lowest BCUT2D eigenvalue weighted by molar-refractivity contribution is -0.160. The lowest BCUT2D eigenvalue weighted by Crippen LogP contribution is -2.70. The van der Waals surface area contributed by atoms with Crippen LogP contribution in [0.4, 0.5) is 5.13 Å². The van der Waals surface area contributed by atoms with Gasteiger partial charge in [0.25, 0.3) is 11.7 Å². The standard InChI is InChI=1S/C41H40N6O6S2/c1-40(2,3)53-38(51)32(48)23-29-33(21-14-22-42-29)54-24-30-34(36(49)43-30)45-37(50)35(47-52-4)31-25-55-39(44-31)46-41(26-15-8-5-9-16-26,27-17-10-6-11-18-27)28-19-12-7-13-20-28/h5-23,25,30,34,42H,24H2,1-4H3,(H,43,49)(H,44,46)(H,45,50). The molecule has 6 rings (SSSR count). The normalized spacial score (nSPS) is 17.6. The van der Waals surface area contributed by atoms with Crippen LogP contribution in [-0.2, 0) is 34.3 Å². The number of dihydropyridines is 1. The molecule has 2 unspecified atom stereocenters. The van der Waals surface area contributed by atoms with E-state index in [2.05, 4.69) is 62.8 Å². The molecule has 0 aliphatic carbocycles. The van der Waals surface area contributed by atoms with Gasteiger partial charge in [0.05, 0.1) is 11.7 Å². The first kappa shape index (κ1) is 38.7. The van der Waals surface area contributed by atoms with E-state index in [1.165, 1.54) is 36.3 Å². The quantitative estimate of drug-likeness (QED) is 0.0248. The van der Waals surface area contributed by atoms with Gasteiger partial charge in [0, 0.05) is 28.3 Å². The van der Waals surface area contributed by atoms with Crippen LogP contribution >= 0.6 is 23.1 Å². The average Bonchev–Trinajstić information content (AvgIpc) is 3.65. The Balaban J connectivity index is 1.18. The monoisotopic (exact) mass is 776 g/mol. The van der Waals surface area contributed by atoms with Crippen molar-refractivity contribution in [3.63, 3.8) is 0 Å². The Labute approximate surface area is 327 Å². The summed E-state index contributed by atoms with van der Waals surface area (Å²) in [7, 11) is 1.33. The number of aromatic nitrogens is 1. The summed E-state index contributed by atoms with van der Waals surface area (Å²) in [6, 6.07) is 28.9. The number of carbonyl (C=O) groups excluding carboxylic acids is 4. The van der Waals surface area contributed by atoms with Crippen LogP contribution in [0.1, 0.15) is 43.2 Å². The number of nitrogens with zero attached hydrogens (tertiary/aromatic N) is 2. The lowest BCUT2D eigenvalue weighted by atomic mass is 9.77. The lowest BCUT2D eigenvalue weighted by Gasteiger charge is -2.37. The number of β-lactam (4-membered cyclic amide) rings is 1. The fourth-order valence-corrected chi connectivity index (χ4v) is 7.84. The number of ether oxygens (including phenoxy) is 1. The Morgan fingerprint density at radius 3 is 2.09 bits per heavy atom.